The van der Waals surface area contributed by atoms with Crippen LogP contribution in [-0.2, 0) is 16.1 Å². The summed E-state index contributed by atoms with van der Waals surface area (Å²) in [4.78, 5) is 45.3. The summed E-state index contributed by atoms with van der Waals surface area (Å²) in [5.41, 5.74) is 1.88. The topological polar surface area (TPSA) is 66.5 Å². The molecule has 5 nitrogen and oxygen atoms in total. The van der Waals surface area contributed by atoms with Crippen molar-refractivity contribution >= 4 is 40.5 Å². The minimum Gasteiger partial charge on any atom is -0.350 e. The lowest BCUT2D eigenvalue weighted by Gasteiger charge is -2.33. The molecule has 0 saturated carbocycles. The number of likely N-dealkylation sites (tertiary alicyclic amines) is 1. The molecular weight excluding hydrogens is 583 g/mol. The fraction of sp³-hybridized carbons (Fsp3) is 0.286. The molecule has 3 aromatic carbocycles. The molecule has 5 rings (SSSR count). The number of ketones is 1. The molecule has 4 aromatic rings. The van der Waals surface area contributed by atoms with Crippen molar-refractivity contribution in [1.82, 2.24) is 10.2 Å². The van der Waals surface area contributed by atoms with Crippen molar-refractivity contribution in [2.45, 2.75) is 51.7 Å². The van der Waals surface area contributed by atoms with Crippen LogP contribution in [0, 0.1) is 17.2 Å². The highest BCUT2D eigenvalue weighted by Crippen LogP contribution is 2.52. The zero-order valence-corrected chi connectivity index (χ0v) is 25.9. The number of carbonyl (C=O) groups is 3. The predicted octanol–water partition coefficient (Wildman–Crippen LogP) is 7.83. The molecule has 222 valence electrons. The number of hydrogen-bond acceptors (Lipinski definition) is 4. The standard InChI is InChI=1S/C35H34ClFN2O3S/c1-35(2,3)20-28(40)39-31(24-8-5-4-6-9-24)30(33(41)27-10-7-19-43-27)29(23-13-15-25(36)16-14-23)32(39)34(42)38-21-22-11-17-26(37)18-12-22/h4-19,29-32H,20-21H2,1-3H3,(H,38,42). The lowest BCUT2D eigenvalue weighted by Crippen LogP contribution is -2.49. The molecule has 43 heavy (non-hydrogen) atoms. The van der Waals surface area contributed by atoms with Crippen molar-refractivity contribution in [2.24, 2.45) is 11.3 Å². The monoisotopic (exact) mass is 616 g/mol. The van der Waals surface area contributed by atoms with Crippen molar-refractivity contribution < 1.29 is 18.8 Å². The molecule has 0 radical (unpaired) electrons. The third-order valence-electron chi connectivity index (χ3n) is 7.75. The lowest BCUT2D eigenvalue weighted by atomic mass is 9.77. The first-order chi connectivity index (χ1) is 20.5. The Morgan fingerprint density at radius 3 is 2.16 bits per heavy atom. The largest absolute Gasteiger partial charge is 0.350 e. The van der Waals surface area contributed by atoms with Gasteiger partial charge in [-0.3, -0.25) is 14.4 Å². The summed E-state index contributed by atoms with van der Waals surface area (Å²) in [6, 6.07) is 24.5. The van der Waals surface area contributed by atoms with Crippen LogP contribution in [0.25, 0.3) is 0 Å². The number of carbonyl (C=O) groups excluding carboxylic acids is 3. The number of amides is 2. The summed E-state index contributed by atoms with van der Waals surface area (Å²) in [7, 11) is 0. The van der Waals surface area contributed by atoms with Gasteiger partial charge in [-0.05, 0) is 57.8 Å². The predicted molar refractivity (Wildman–Crippen MR) is 168 cm³/mol. The molecule has 1 aromatic heterocycles. The van der Waals surface area contributed by atoms with Gasteiger partial charge in [0, 0.05) is 23.9 Å². The number of halogens is 2. The van der Waals surface area contributed by atoms with Crippen LogP contribution in [-0.4, -0.2) is 28.5 Å². The summed E-state index contributed by atoms with van der Waals surface area (Å²) in [5.74, 6) is -2.47. The first-order valence-electron chi connectivity index (χ1n) is 14.2. The maximum Gasteiger partial charge on any atom is 0.243 e. The van der Waals surface area contributed by atoms with Crippen molar-refractivity contribution in [2.75, 3.05) is 0 Å². The number of nitrogens with one attached hydrogen (secondary N) is 1. The minimum absolute atomic E-state index is 0.119. The van der Waals surface area contributed by atoms with Gasteiger partial charge in [-0.25, -0.2) is 4.39 Å². The van der Waals surface area contributed by atoms with E-state index < -0.39 is 23.9 Å². The Morgan fingerprint density at radius 2 is 1.56 bits per heavy atom. The number of thiophene rings is 1. The maximum atomic E-state index is 14.5. The van der Waals surface area contributed by atoms with E-state index in [4.69, 9.17) is 11.6 Å². The second-order valence-electron chi connectivity index (χ2n) is 12.1. The first kappa shape index (κ1) is 30.6. The zero-order valence-electron chi connectivity index (χ0n) is 24.3. The number of rotatable bonds is 8. The molecule has 0 spiro atoms. The average molecular weight is 617 g/mol. The number of nitrogens with zero attached hydrogens (tertiary/aromatic N) is 1. The third kappa shape index (κ3) is 6.89. The van der Waals surface area contributed by atoms with Gasteiger partial charge in [-0.2, -0.15) is 0 Å². The Hall–Kier alpha value is -3.81. The van der Waals surface area contributed by atoms with Crippen LogP contribution in [0.1, 0.15) is 65.5 Å². The Kier molecular flexibility index (Phi) is 9.13. The highest BCUT2D eigenvalue weighted by molar-refractivity contribution is 7.12. The van der Waals surface area contributed by atoms with Crippen LogP contribution in [0.15, 0.2) is 96.4 Å². The molecule has 4 atom stereocenters. The summed E-state index contributed by atoms with van der Waals surface area (Å²) >= 11 is 7.61. The van der Waals surface area contributed by atoms with Gasteiger partial charge in [-0.15, -0.1) is 11.3 Å². The van der Waals surface area contributed by atoms with E-state index in [0.717, 1.165) is 11.1 Å². The van der Waals surface area contributed by atoms with E-state index >= 15 is 0 Å². The van der Waals surface area contributed by atoms with E-state index in [-0.39, 0.29) is 41.8 Å². The second-order valence-corrected chi connectivity index (χ2v) is 13.5. The fourth-order valence-electron chi connectivity index (χ4n) is 5.93. The van der Waals surface area contributed by atoms with Crippen LogP contribution in [0.4, 0.5) is 4.39 Å². The van der Waals surface area contributed by atoms with E-state index in [1.807, 2.05) is 74.7 Å². The van der Waals surface area contributed by atoms with Gasteiger partial charge in [0.25, 0.3) is 0 Å². The number of benzene rings is 3. The third-order valence-corrected chi connectivity index (χ3v) is 8.88. The lowest BCUT2D eigenvalue weighted by molar-refractivity contribution is -0.142. The van der Waals surface area contributed by atoms with Crippen molar-refractivity contribution in [3.05, 3.63) is 129 Å². The van der Waals surface area contributed by atoms with Gasteiger partial charge >= 0.3 is 0 Å². The quantitative estimate of drug-likeness (QED) is 0.205. The normalized spacial score (nSPS) is 20.2. The van der Waals surface area contributed by atoms with Gasteiger partial charge < -0.3 is 10.2 Å². The second kappa shape index (κ2) is 12.8. The molecule has 1 aliphatic heterocycles. The van der Waals surface area contributed by atoms with E-state index in [1.54, 1.807) is 35.2 Å². The molecule has 0 bridgehead atoms. The fourth-order valence-corrected chi connectivity index (χ4v) is 6.77. The summed E-state index contributed by atoms with van der Waals surface area (Å²) in [5, 5.41) is 5.38. The van der Waals surface area contributed by atoms with Crippen molar-refractivity contribution in [1.29, 1.82) is 0 Å². The number of hydrogen-bond donors (Lipinski definition) is 1. The Bertz CT molecular complexity index is 1570. The van der Waals surface area contributed by atoms with Gasteiger partial charge in [0.15, 0.2) is 5.78 Å². The SMILES string of the molecule is CC(C)(C)CC(=O)N1C(C(=O)NCc2ccc(F)cc2)C(c2ccc(Cl)cc2)C(C(=O)c2cccs2)C1c1ccccc1. The van der Waals surface area contributed by atoms with Crippen LogP contribution >= 0.6 is 22.9 Å². The van der Waals surface area contributed by atoms with Crippen LogP contribution in [0.3, 0.4) is 0 Å². The Morgan fingerprint density at radius 1 is 0.884 bits per heavy atom. The molecule has 1 saturated heterocycles. The van der Waals surface area contributed by atoms with Gasteiger partial charge in [0.05, 0.1) is 16.8 Å². The summed E-state index contributed by atoms with van der Waals surface area (Å²) in [6.07, 6.45) is 0.186. The Balaban J connectivity index is 1.68. The molecule has 4 unspecified atom stereocenters. The summed E-state index contributed by atoms with van der Waals surface area (Å²) < 4.78 is 13.5. The van der Waals surface area contributed by atoms with Gasteiger partial charge in [0.2, 0.25) is 11.8 Å². The van der Waals surface area contributed by atoms with E-state index in [0.29, 0.717) is 15.5 Å². The molecule has 8 heteroatoms. The highest BCUT2D eigenvalue weighted by atomic mass is 35.5. The van der Waals surface area contributed by atoms with Gasteiger partial charge in [-0.1, -0.05) is 93.0 Å². The minimum atomic E-state index is -0.990. The van der Waals surface area contributed by atoms with Crippen LogP contribution in [0.2, 0.25) is 5.02 Å². The van der Waals surface area contributed by atoms with Crippen LogP contribution < -0.4 is 5.32 Å². The number of Topliss-reactive ketones (excluding diaryl/α,β-unsaturated/α-hetero) is 1. The first-order valence-corrected chi connectivity index (χ1v) is 15.5. The molecular formula is C35H34ClFN2O3S. The molecule has 1 aliphatic rings. The van der Waals surface area contributed by atoms with Crippen LogP contribution in [0.5, 0.6) is 0 Å². The van der Waals surface area contributed by atoms with E-state index in [1.165, 1.54) is 23.5 Å². The van der Waals surface area contributed by atoms with Gasteiger partial charge in [0.1, 0.15) is 11.9 Å². The van der Waals surface area contributed by atoms with E-state index in [9.17, 15) is 18.8 Å². The van der Waals surface area contributed by atoms with Crippen molar-refractivity contribution in [3.63, 3.8) is 0 Å². The average Bonchev–Trinajstić information content (AvgIpc) is 3.64. The highest BCUT2D eigenvalue weighted by Gasteiger charge is 2.57. The molecule has 2 heterocycles. The molecule has 0 aliphatic carbocycles. The summed E-state index contributed by atoms with van der Waals surface area (Å²) in [6.45, 7) is 6.08. The van der Waals surface area contributed by atoms with E-state index in [2.05, 4.69) is 5.32 Å². The molecule has 1 N–H and O–H groups in total. The van der Waals surface area contributed by atoms with Crippen molar-refractivity contribution in [3.8, 4) is 0 Å². The molecule has 2 amide bonds. The Labute approximate surface area is 260 Å². The maximum absolute atomic E-state index is 14.5. The smallest absolute Gasteiger partial charge is 0.243 e. The molecule has 1 fully saturated rings. The zero-order chi connectivity index (χ0) is 30.7.